The van der Waals surface area contributed by atoms with E-state index in [9.17, 15) is 0 Å². The van der Waals surface area contributed by atoms with Gasteiger partial charge in [0.2, 0.25) is 0 Å². The molecule has 122 valence electrons. The van der Waals surface area contributed by atoms with E-state index in [-0.39, 0.29) is 0 Å². The Morgan fingerprint density at radius 2 is 1.71 bits per heavy atom. The average molecular weight is 318 g/mol. The van der Waals surface area contributed by atoms with Crippen LogP contribution < -0.4 is 4.90 Å². The van der Waals surface area contributed by atoms with Crippen LogP contribution in [0.5, 0.6) is 0 Å². The standard InChI is InChI=1S/C20H22N4/c1-16-18(8-7-17-5-4-10-22-20(16)17)15-23-11-13-24(14-12-23)19-6-2-3-9-21-19/h2-10H,11-15H2,1H3. The smallest absolute Gasteiger partial charge is 0.128 e. The number of nitrogens with zero attached hydrogens (tertiary/aromatic N) is 4. The quantitative estimate of drug-likeness (QED) is 0.742. The predicted octanol–water partition coefficient (Wildman–Crippen LogP) is 3.26. The lowest BCUT2D eigenvalue weighted by molar-refractivity contribution is 0.249. The van der Waals surface area contributed by atoms with Gasteiger partial charge in [-0.3, -0.25) is 9.88 Å². The summed E-state index contributed by atoms with van der Waals surface area (Å²) in [5.41, 5.74) is 3.81. The lowest BCUT2D eigenvalue weighted by Crippen LogP contribution is -2.46. The second-order valence-electron chi connectivity index (χ2n) is 6.38. The van der Waals surface area contributed by atoms with Crippen LogP contribution in [0.25, 0.3) is 10.9 Å². The first-order valence-corrected chi connectivity index (χ1v) is 8.53. The number of hydrogen-bond acceptors (Lipinski definition) is 4. The van der Waals surface area contributed by atoms with Crippen LogP contribution in [-0.4, -0.2) is 41.0 Å². The fourth-order valence-corrected chi connectivity index (χ4v) is 3.42. The van der Waals surface area contributed by atoms with Crippen LogP contribution in [0.4, 0.5) is 5.82 Å². The number of pyridine rings is 2. The molecule has 4 heteroatoms. The molecule has 1 aliphatic rings. The molecule has 1 fully saturated rings. The molecule has 3 aromatic rings. The Morgan fingerprint density at radius 1 is 0.875 bits per heavy atom. The van der Waals surface area contributed by atoms with E-state index in [1.54, 1.807) is 0 Å². The van der Waals surface area contributed by atoms with Gasteiger partial charge in [0.05, 0.1) is 5.52 Å². The fraction of sp³-hybridized carbons (Fsp3) is 0.300. The molecule has 0 radical (unpaired) electrons. The van der Waals surface area contributed by atoms with Gasteiger partial charge >= 0.3 is 0 Å². The number of aromatic nitrogens is 2. The third-order valence-electron chi connectivity index (χ3n) is 4.88. The minimum atomic E-state index is 0.994. The van der Waals surface area contributed by atoms with E-state index in [2.05, 4.69) is 57.0 Å². The Kier molecular flexibility index (Phi) is 4.13. The van der Waals surface area contributed by atoms with Crippen molar-refractivity contribution in [3.63, 3.8) is 0 Å². The van der Waals surface area contributed by atoms with E-state index in [0.717, 1.165) is 44.1 Å². The van der Waals surface area contributed by atoms with Crippen LogP contribution >= 0.6 is 0 Å². The van der Waals surface area contributed by atoms with Crippen molar-refractivity contribution in [3.05, 3.63) is 66.0 Å². The maximum absolute atomic E-state index is 4.55. The van der Waals surface area contributed by atoms with E-state index in [4.69, 9.17) is 0 Å². The summed E-state index contributed by atoms with van der Waals surface area (Å²) in [5.74, 6) is 1.09. The summed E-state index contributed by atoms with van der Waals surface area (Å²) in [6.45, 7) is 7.37. The first kappa shape index (κ1) is 15.1. The van der Waals surface area contributed by atoms with Gasteiger partial charge in [0.15, 0.2) is 0 Å². The Labute approximate surface area is 142 Å². The lowest BCUT2D eigenvalue weighted by atomic mass is 10.0. The number of benzene rings is 1. The highest BCUT2D eigenvalue weighted by molar-refractivity contribution is 5.82. The molecule has 2 aromatic heterocycles. The van der Waals surface area contributed by atoms with Crippen molar-refractivity contribution in [2.75, 3.05) is 31.1 Å². The van der Waals surface area contributed by atoms with Crippen molar-refractivity contribution < 1.29 is 0 Å². The minimum absolute atomic E-state index is 0.994. The molecular weight excluding hydrogens is 296 g/mol. The molecule has 1 aliphatic heterocycles. The van der Waals surface area contributed by atoms with Crippen molar-refractivity contribution >= 4 is 16.7 Å². The van der Waals surface area contributed by atoms with Crippen LogP contribution in [0.3, 0.4) is 0 Å². The molecular formula is C20H22N4. The Bertz CT molecular complexity index is 823. The van der Waals surface area contributed by atoms with Gasteiger partial charge in [-0.05, 0) is 36.2 Å². The number of piperazine rings is 1. The highest BCUT2D eigenvalue weighted by atomic mass is 15.3. The summed E-state index contributed by atoms with van der Waals surface area (Å²) < 4.78 is 0. The Balaban J connectivity index is 1.45. The van der Waals surface area contributed by atoms with E-state index in [1.807, 2.05) is 24.5 Å². The van der Waals surface area contributed by atoms with Crippen LogP contribution in [0.2, 0.25) is 0 Å². The zero-order chi connectivity index (χ0) is 16.4. The second kappa shape index (κ2) is 6.57. The zero-order valence-electron chi connectivity index (χ0n) is 14.0. The average Bonchev–Trinajstić information content (AvgIpc) is 2.66. The molecule has 24 heavy (non-hydrogen) atoms. The van der Waals surface area contributed by atoms with Crippen LogP contribution in [0.15, 0.2) is 54.9 Å². The zero-order valence-corrected chi connectivity index (χ0v) is 14.0. The topological polar surface area (TPSA) is 32.3 Å². The first-order chi connectivity index (χ1) is 11.8. The first-order valence-electron chi connectivity index (χ1n) is 8.53. The molecule has 0 N–H and O–H groups in total. The van der Waals surface area contributed by atoms with Crippen LogP contribution in [0, 0.1) is 6.92 Å². The van der Waals surface area contributed by atoms with Crippen molar-refractivity contribution in [1.82, 2.24) is 14.9 Å². The van der Waals surface area contributed by atoms with Crippen molar-refractivity contribution in [2.24, 2.45) is 0 Å². The van der Waals surface area contributed by atoms with Crippen LogP contribution in [0.1, 0.15) is 11.1 Å². The minimum Gasteiger partial charge on any atom is -0.354 e. The molecule has 0 saturated carbocycles. The molecule has 0 amide bonds. The highest BCUT2D eigenvalue weighted by Gasteiger charge is 2.18. The van der Waals surface area contributed by atoms with E-state index in [0.29, 0.717) is 0 Å². The maximum Gasteiger partial charge on any atom is 0.128 e. The SMILES string of the molecule is Cc1c(CN2CCN(c3ccccn3)CC2)ccc2cccnc12. The Hall–Kier alpha value is -2.46. The van der Waals surface area contributed by atoms with Gasteiger partial charge in [-0.2, -0.15) is 0 Å². The molecule has 0 atom stereocenters. The summed E-state index contributed by atoms with van der Waals surface area (Å²) in [5, 5.41) is 1.22. The van der Waals surface area contributed by atoms with E-state index < -0.39 is 0 Å². The number of fused-ring (bicyclic) bond motifs is 1. The summed E-state index contributed by atoms with van der Waals surface area (Å²) in [6, 6.07) is 14.7. The van der Waals surface area contributed by atoms with Gasteiger partial charge in [0.25, 0.3) is 0 Å². The second-order valence-corrected chi connectivity index (χ2v) is 6.38. The van der Waals surface area contributed by atoms with E-state index in [1.165, 1.54) is 16.5 Å². The predicted molar refractivity (Wildman–Crippen MR) is 98.2 cm³/mol. The maximum atomic E-state index is 4.55. The van der Waals surface area contributed by atoms with Gasteiger partial charge in [-0.1, -0.05) is 24.3 Å². The molecule has 4 nitrogen and oxygen atoms in total. The van der Waals surface area contributed by atoms with Gasteiger partial charge < -0.3 is 4.90 Å². The summed E-state index contributed by atoms with van der Waals surface area (Å²) >= 11 is 0. The molecule has 0 bridgehead atoms. The number of anilines is 1. The monoisotopic (exact) mass is 318 g/mol. The third-order valence-corrected chi connectivity index (χ3v) is 4.88. The van der Waals surface area contributed by atoms with Crippen LogP contribution in [-0.2, 0) is 6.54 Å². The fourth-order valence-electron chi connectivity index (χ4n) is 3.42. The van der Waals surface area contributed by atoms with Gasteiger partial charge in [0.1, 0.15) is 5.82 Å². The molecule has 4 rings (SSSR count). The number of hydrogen-bond donors (Lipinski definition) is 0. The number of aryl methyl sites for hydroxylation is 1. The summed E-state index contributed by atoms with van der Waals surface area (Å²) in [4.78, 5) is 13.9. The molecule has 0 spiro atoms. The van der Waals surface area contributed by atoms with Gasteiger partial charge in [-0.15, -0.1) is 0 Å². The third kappa shape index (κ3) is 2.97. The molecule has 1 aromatic carbocycles. The van der Waals surface area contributed by atoms with Crippen molar-refractivity contribution in [3.8, 4) is 0 Å². The highest BCUT2D eigenvalue weighted by Crippen LogP contribution is 2.22. The largest absolute Gasteiger partial charge is 0.354 e. The van der Waals surface area contributed by atoms with E-state index >= 15 is 0 Å². The molecule has 0 aliphatic carbocycles. The molecule has 3 heterocycles. The van der Waals surface area contributed by atoms with Crippen molar-refractivity contribution in [2.45, 2.75) is 13.5 Å². The normalized spacial score (nSPS) is 15.8. The molecule has 1 saturated heterocycles. The summed E-state index contributed by atoms with van der Waals surface area (Å²) in [7, 11) is 0. The van der Waals surface area contributed by atoms with Gasteiger partial charge in [0, 0.05) is 50.5 Å². The number of rotatable bonds is 3. The summed E-state index contributed by atoms with van der Waals surface area (Å²) in [6.07, 6.45) is 3.75. The Morgan fingerprint density at radius 3 is 2.50 bits per heavy atom. The van der Waals surface area contributed by atoms with Crippen molar-refractivity contribution in [1.29, 1.82) is 0 Å². The lowest BCUT2D eigenvalue weighted by Gasteiger charge is -2.35. The van der Waals surface area contributed by atoms with Gasteiger partial charge in [-0.25, -0.2) is 4.98 Å². The molecule has 0 unspecified atom stereocenters.